The maximum Gasteiger partial charge on any atom is 0.204 e. The molecule has 4 heteroatoms. The summed E-state index contributed by atoms with van der Waals surface area (Å²) in [6.45, 7) is 1.94. The number of rotatable bonds is 1. The van der Waals surface area contributed by atoms with Crippen LogP contribution in [-0.4, -0.2) is 19.9 Å². The van der Waals surface area contributed by atoms with Gasteiger partial charge in [-0.05, 0) is 31.1 Å². The Hall–Kier alpha value is -2.54. The highest BCUT2D eigenvalue weighted by atomic mass is 14.8. The zero-order valence-electron chi connectivity index (χ0n) is 9.49. The van der Waals surface area contributed by atoms with Crippen molar-refractivity contribution in [3.05, 3.63) is 54.6 Å². The molecule has 0 aliphatic heterocycles. The molecular formula is C13H12N4. The number of terminal acetylenes is 1. The van der Waals surface area contributed by atoms with Gasteiger partial charge in [0.05, 0.1) is 0 Å². The van der Waals surface area contributed by atoms with Gasteiger partial charge in [-0.25, -0.2) is 19.9 Å². The standard InChI is InChI=1S/C7H8N2.C6H4N2/c1-2-4-7-8-5-3-6-9-7;1-2-6-7-4-3-5-8-6/h2-6H,1H3;1,3-5H/b4-2+;. The Labute approximate surface area is 101 Å². The molecule has 0 spiro atoms. The maximum absolute atomic E-state index is 4.97. The second-order valence-corrected chi connectivity index (χ2v) is 2.82. The van der Waals surface area contributed by atoms with Crippen LogP contribution in [0.5, 0.6) is 0 Å². The lowest BCUT2D eigenvalue weighted by atomic mass is 10.5. The molecule has 0 N–H and O–H groups in total. The van der Waals surface area contributed by atoms with E-state index in [4.69, 9.17) is 6.42 Å². The van der Waals surface area contributed by atoms with Crippen LogP contribution in [0.25, 0.3) is 6.08 Å². The topological polar surface area (TPSA) is 51.6 Å². The summed E-state index contributed by atoms with van der Waals surface area (Å²) in [5.41, 5.74) is 0. The Morgan fingerprint density at radius 3 is 1.94 bits per heavy atom. The summed E-state index contributed by atoms with van der Waals surface area (Å²) in [6, 6.07) is 3.52. The second-order valence-electron chi connectivity index (χ2n) is 2.82. The SMILES string of the molecule is C#Cc1ncccn1.C/C=C/c1ncccn1. The molecule has 17 heavy (non-hydrogen) atoms. The van der Waals surface area contributed by atoms with Crippen LogP contribution >= 0.6 is 0 Å². The Morgan fingerprint density at radius 1 is 1.00 bits per heavy atom. The summed E-state index contributed by atoms with van der Waals surface area (Å²) in [5.74, 6) is 3.51. The minimum absolute atomic E-state index is 0.438. The summed E-state index contributed by atoms with van der Waals surface area (Å²) in [6.07, 6.45) is 15.4. The second kappa shape index (κ2) is 7.71. The Balaban J connectivity index is 0.000000171. The van der Waals surface area contributed by atoms with Gasteiger partial charge in [0, 0.05) is 24.8 Å². The molecule has 0 fully saturated rings. The first-order valence-corrected chi connectivity index (χ1v) is 5.00. The molecule has 2 heterocycles. The molecule has 0 atom stereocenters. The van der Waals surface area contributed by atoms with Crippen molar-refractivity contribution in [2.45, 2.75) is 6.92 Å². The highest BCUT2D eigenvalue weighted by Gasteiger charge is 1.81. The number of nitrogens with zero attached hydrogens (tertiary/aromatic N) is 4. The maximum atomic E-state index is 4.97. The molecule has 0 aromatic carbocycles. The van der Waals surface area contributed by atoms with Crippen molar-refractivity contribution in [2.24, 2.45) is 0 Å². The molecule has 2 rings (SSSR count). The number of hydrogen-bond donors (Lipinski definition) is 0. The fraction of sp³-hybridized carbons (Fsp3) is 0.0769. The van der Waals surface area contributed by atoms with Crippen LogP contribution in [0.3, 0.4) is 0 Å². The highest BCUT2D eigenvalue weighted by molar-refractivity contribution is 5.37. The van der Waals surface area contributed by atoms with E-state index in [1.165, 1.54) is 0 Å². The predicted octanol–water partition coefficient (Wildman–Crippen LogP) is 1.97. The molecular weight excluding hydrogens is 212 g/mol. The van der Waals surface area contributed by atoms with Crippen molar-refractivity contribution in [2.75, 3.05) is 0 Å². The van der Waals surface area contributed by atoms with Gasteiger partial charge in [-0.15, -0.1) is 6.42 Å². The van der Waals surface area contributed by atoms with Crippen molar-refractivity contribution in [1.29, 1.82) is 0 Å². The largest absolute Gasteiger partial charge is 0.237 e. The first-order valence-electron chi connectivity index (χ1n) is 5.00. The lowest BCUT2D eigenvalue weighted by molar-refractivity contribution is 1.13. The zero-order valence-corrected chi connectivity index (χ0v) is 9.49. The number of aromatic nitrogens is 4. The molecule has 0 saturated heterocycles. The molecule has 0 aliphatic carbocycles. The van der Waals surface area contributed by atoms with Crippen molar-refractivity contribution in [3.63, 3.8) is 0 Å². The van der Waals surface area contributed by atoms with E-state index in [0.29, 0.717) is 5.82 Å². The monoisotopic (exact) mass is 224 g/mol. The van der Waals surface area contributed by atoms with Crippen LogP contribution in [0.4, 0.5) is 0 Å². The van der Waals surface area contributed by atoms with Crippen molar-refractivity contribution >= 4 is 6.08 Å². The molecule has 2 aromatic rings. The molecule has 4 nitrogen and oxygen atoms in total. The van der Waals surface area contributed by atoms with E-state index in [0.717, 1.165) is 5.82 Å². The Kier molecular flexibility index (Phi) is 5.68. The van der Waals surface area contributed by atoms with Gasteiger partial charge in [-0.3, -0.25) is 0 Å². The van der Waals surface area contributed by atoms with E-state index in [-0.39, 0.29) is 0 Å². The van der Waals surface area contributed by atoms with Crippen molar-refractivity contribution < 1.29 is 0 Å². The van der Waals surface area contributed by atoms with E-state index in [9.17, 15) is 0 Å². The predicted molar refractivity (Wildman–Crippen MR) is 66.7 cm³/mol. The first kappa shape index (κ1) is 12.5. The quantitative estimate of drug-likeness (QED) is 0.695. The summed E-state index contributed by atoms with van der Waals surface area (Å²) < 4.78 is 0. The third kappa shape index (κ3) is 5.19. The van der Waals surface area contributed by atoms with E-state index in [1.54, 1.807) is 36.9 Å². The average molecular weight is 224 g/mol. The molecule has 0 saturated carbocycles. The fourth-order valence-electron chi connectivity index (χ4n) is 0.919. The number of hydrogen-bond acceptors (Lipinski definition) is 4. The first-order chi connectivity index (χ1) is 8.36. The van der Waals surface area contributed by atoms with E-state index >= 15 is 0 Å². The van der Waals surface area contributed by atoms with Crippen LogP contribution in [0, 0.1) is 12.3 Å². The smallest absolute Gasteiger partial charge is 0.204 e. The molecule has 0 radical (unpaired) electrons. The molecule has 0 bridgehead atoms. The average Bonchev–Trinajstić information content (AvgIpc) is 2.42. The zero-order chi connectivity index (χ0) is 12.3. The minimum Gasteiger partial charge on any atom is -0.237 e. The van der Waals surface area contributed by atoms with E-state index < -0.39 is 0 Å². The van der Waals surface area contributed by atoms with Crippen molar-refractivity contribution in [1.82, 2.24) is 19.9 Å². The Bertz CT molecular complexity index is 486. The fourth-order valence-corrected chi connectivity index (χ4v) is 0.919. The lowest BCUT2D eigenvalue weighted by Crippen LogP contribution is -1.82. The molecule has 0 amide bonds. The van der Waals surface area contributed by atoms with Gasteiger partial charge < -0.3 is 0 Å². The molecule has 2 aromatic heterocycles. The van der Waals surface area contributed by atoms with Crippen LogP contribution in [0.15, 0.2) is 43.0 Å². The minimum atomic E-state index is 0.438. The van der Waals surface area contributed by atoms with Crippen LogP contribution < -0.4 is 0 Å². The summed E-state index contributed by atoms with van der Waals surface area (Å²) in [7, 11) is 0. The third-order valence-corrected chi connectivity index (χ3v) is 1.60. The van der Waals surface area contributed by atoms with E-state index in [1.807, 2.05) is 19.1 Å². The van der Waals surface area contributed by atoms with Gasteiger partial charge in [0.15, 0.2) is 5.82 Å². The lowest BCUT2D eigenvalue weighted by Gasteiger charge is -1.85. The number of allylic oxidation sites excluding steroid dienone is 1. The van der Waals surface area contributed by atoms with Gasteiger partial charge in [0.25, 0.3) is 0 Å². The van der Waals surface area contributed by atoms with Gasteiger partial charge in [-0.2, -0.15) is 0 Å². The summed E-state index contributed by atoms with van der Waals surface area (Å²) >= 11 is 0. The molecule has 0 unspecified atom stereocenters. The van der Waals surface area contributed by atoms with Crippen molar-refractivity contribution in [3.8, 4) is 12.3 Å². The summed E-state index contributed by atoms with van der Waals surface area (Å²) in [4.78, 5) is 15.4. The van der Waals surface area contributed by atoms with Gasteiger partial charge in [0.2, 0.25) is 5.82 Å². The van der Waals surface area contributed by atoms with Crippen LogP contribution in [0.2, 0.25) is 0 Å². The third-order valence-electron chi connectivity index (χ3n) is 1.60. The highest BCUT2D eigenvalue weighted by Crippen LogP contribution is 1.88. The van der Waals surface area contributed by atoms with Gasteiger partial charge in [-0.1, -0.05) is 6.08 Å². The van der Waals surface area contributed by atoms with Gasteiger partial charge >= 0.3 is 0 Å². The van der Waals surface area contributed by atoms with E-state index in [2.05, 4.69) is 25.9 Å². The summed E-state index contributed by atoms with van der Waals surface area (Å²) in [5, 5.41) is 0. The van der Waals surface area contributed by atoms with Crippen LogP contribution in [0.1, 0.15) is 18.6 Å². The van der Waals surface area contributed by atoms with Gasteiger partial charge in [0.1, 0.15) is 0 Å². The molecule has 0 aliphatic rings. The Morgan fingerprint density at radius 2 is 1.53 bits per heavy atom. The van der Waals surface area contributed by atoms with Crippen LogP contribution in [-0.2, 0) is 0 Å². The molecule has 84 valence electrons. The normalized spacial score (nSPS) is 9.18.